The van der Waals surface area contributed by atoms with Gasteiger partial charge in [-0.2, -0.15) is 5.10 Å². The second-order valence-electron chi connectivity index (χ2n) is 7.59. The first kappa shape index (κ1) is 19.4. The molecule has 1 amide bonds. The topological polar surface area (TPSA) is 65.0 Å². The molecule has 0 unspecified atom stereocenters. The number of ether oxygens (including phenoxy) is 1. The van der Waals surface area contributed by atoms with Crippen LogP contribution in [0.4, 0.5) is 17.2 Å². The quantitative estimate of drug-likeness (QED) is 0.773. The molecule has 8 heteroatoms. The second kappa shape index (κ2) is 8.65. The van der Waals surface area contributed by atoms with Crippen molar-refractivity contribution in [3.63, 3.8) is 0 Å². The predicted octanol–water partition coefficient (Wildman–Crippen LogP) is 1.34. The Balaban J connectivity index is 1.37. The Kier molecular flexibility index (Phi) is 5.80. The molecule has 2 fully saturated rings. The summed E-state index contributed by atoms with van der Waals surface area (Å²) in [5.41, 5.74) is 2.90. The molecule has 1 aromatic carbocycles. The van der Waals surface area contributed by atoms with Crippen molar-refractivity contribution in [2.45, 2.75) is 0 Å². The fourth-order valence-corrected chi connectivity index (χ4v) is 3.72. The van der Waals surface area contributed by atoms with Crippen molar-refractivity contribution in [1.82, 2.24) is 15.1 Å². The molecule has 154 valence electrons. The number of benzene rings is 1. The van der Waals surface area contributed by atoms with Gasteiger partial charge in [0.25, 0.3) is 5.91 Å². The zero-order valence-electron chi connectivity index (χ0n) is 17.1. The van der Waals surface area contributed by atoms with Crippen LogP contribution in [0, 0.1) is 0 Å². The Hall–Kier alpha value is -2.87. The summed E-state index contributed by atoms with van der Waals surface area (Å²) in [7, 11) is 3.99. The summed E-state index contributed by atoms with van der Waals surface area (Å²) < 4.78 is 5.43. The van der Waals surface area contributed by atoms with Crippen LogP contribution < -0.4 is 14.7 Å². The van der Waals surface area contributed by atoms with Gasteiger partial charge in [-0.3, -0.25) is 4.79 Å². The van der Waals surface area contributed by atoms with Crippen LogP contribution in [0.5, 0.6) is 0 Å². The third-order valence-corrected chi connectivity index (χ3v) is 5.52. The van der Waals surface area contributed by atoms with Crippen LogP contribution in [0.15, 0.2) is 36.5 Å². The van der Waals surface area contributed by atoms with Gasteiger partial charge in [0.2, 0.25) is 0 Å². The molecular weight excluding hydrogens is 368 g/mol. The Labute approximate surface area is 171 Å². The highest BCUT2D eigenvalue weighted by Gasteiger charge is 2.24. The average molecular weight is 396 g/mol. The van der Waals surface area contributed by atoms with Crippen molar-refractivity contribution in [2.24, 2.45) is 0 Å². The van der Waals surface area contributed by atoms with Crippen LogP contribution in [0.2, 0.25) is 0 Å². The molecule has 1 aromatic heterocycles. The Morgan fingerprint density at radius 2 is 1.66 bits per heavy atom. The maximum absolute atomic E-state index is 12.8. The number of rotatable bonds is 4. The zero-order valence-corrected chi connectivity index (χ0v) is 17.1. The highest BCUT2D eigenvalue weighted by Crippen LogP contribution is 2.21. The largest absolute Gasteiger partial charge is 0.378 e. The Bertz CT molecular complexity index is 827. The van der Waals surface area contributed by atoms with E-state index in [9.17, 15) is 4.79 Å². The smallest absolute Gasteiger partial charge is 0.253 e. The molecule has 2 aliphatic rings. The molecule has 2 aromatic rings. The van der Waals surface area contributed by atoms with Crippen molar-refractivity contribution in [2.75, 3.05) is 81.3 Å². The lowest BCUT2D eigenvalue weighted by molar-refractivity contribution is 0.0746. The third kappa shape index (κ3) is 4.42. The van der Waals surface area contributed by atoms with E-state index < -0.39 is 0 Å². The number of hydrogen-bond donors (Lipinski definition) is 0. The molecule has 0 bridgehead atoms. The number of aromatic nitrogens is 2. The van der Waals surface area contributed by atoms with Crippen LogP contribution in [0.3, 0.4) is 0 Å². The van der Waals surface area contributed by atoms with E-state index in [2.05, 4.69) is 26.1 Å². The lowest BCUT2D eigenvalue weighted by Gasteiger charge is -2.36. The maximum atomic E-state index is 12.8. The SMILES string of the molecule is CN(C)c1ccc(C(=O)N2CCN(c3cc(N4CCOCC4)cnn3)CC2)cc1. The molecule has 3 heterocycles. The summed E-state index contributed by atoms with van der Waals surface area (Å²) in [4.78, 5) is 21.3. The van der Waals surface area contributed by atoms with E-state index >= 15 is 0 Å². The van der Waals surface area contributed by atoms with Crippen LogP contribution in [0.25, 0.3) is 0 Å². The molecular formula is C21H28N6O2. The number of amides is 1. The highest BCUT2D eigenvalue weighted by molar-refractivity contribution is 5.94. The monoisotopic (exact) mass is 396 g/mol. The van der Waals surface area contributed by atoms with Gasteiger partial charge >= 0.3 is 0 Å². The molecule has 4 rings (SSSR count). The standard InChI is InChI=1S/C21H28N6O2/c1-24(2)18-5-3-17(4-6-18)21(28)27-9-7-26(8-10-27)20-15-19(16-22-23-20)25-11-13-29-14-12-25/h3-6,15-16H,7-14H2,1-2H3. The van der Waals surface area contributed by atoms with Gasteiger partial charge in [-0.25, -0.2) is 0 Å². The molecule has 0 aliphatic carbocycles. The number of piperazine rings is 1. The zero-order chi connectivity index (χ0) is 20.2. The van der Waals surface area contributed by atoms with Crippen molar-refractivity contribution >= 4 is 23.1 Å². The normalized spacial score (nSPS) is 17.4. The molecule has 2 saturated heterocycles. The van der Waals surface area contributed by atoms with E-state index in [1.165, 1.54) is 0 Å². The van der Waals surface area contributed by atoms with Gasteiger partial charge in [0.1, 0.15) is 0 Å². The fourth-order valence-electron chi connectivity index (χ4n) is 3.72. The second-order valence-corrected chi connectivity index (χ2v) is 7.59. The summed E-state index contributed by atoms with van der Waals surface area (Å²) >= 11 is 0. The lowest BCUT2D eigenvalue weighted by atomic mass is 10.1. The van der Waals surface area contributed by atoms with E-state index in [0.717, 1.165) is 62.1 Å². The van der Waals surface area contributed by atoms with Gasteiger partial charge in [0.05, 0.1) is 25.1 Å². The molecule has 0 N–H and O–H groups in total. The van der Waals surface area contributed by atoms with Gasteiger partial charge in [-0.15, -0.1) is 5.10 Å². The molecule has 2 aliphatic heterocycles. The van der Waals surface area contributed by atoms with Gasteiger partial charge < -0.3 is 24.3 Å². The molecule has 0 atom stereocenters. The minimum atomic E-state index is 0.0862. The first-order chi connectivity index (χ1) is 14.1. The minimum absolute atomic E-state index is 0.0862. The predicted molar refractivity (Wildman–Crippen MR) is 114 cm³/mol. The van der Waals surface area contributed by atoms with Crippen LogP contribution in [-0.2, 0) is 4.74 Å². The Morgan fingerprint density at radius 3 is 2.31 bits per heavy atom. The fraction of sp³-hybridized carbons (Fsp3) is 0.476. The highest BCUT2D eigenvalue weighted by atomic mass is 16.5. The van der Waals surface area contributed by atoms with E-state index in [-0.39, 0.29) is 5.91 Å². The Morgan fingerprint density at radius 1 is 0.966 bits per heavy atom. The van der Waals surface area contributed by atoms with E-state index in [1.54, 1.807) is 0 Å². The number of carbonyl (C=O) groups excluding carboxylic acids is 1. The van der Waals surface area contributed by atoms with Crippen LogP contribution in [0.1, 0.15) is 10.4 Å². The number of anilines is 3. The molecule has 0 radical (unpaired) electrons. The van der Waals surface area contributed by atoms with Gasteiger partial charge in [-0.05, 0) is 24.3 Å². The van der Waals surface area contributed by atoms with E-state index in [0.29, 0.717) is 13.1 Å². The lowest BCUT2D eigenvalue weighted by Crippen LogP contribution is -2.49. The summed E-state index contributed by atoms with van der Waals surface area (Å²) in [6.45, 7) is 6.10. The van der Waals surface area contributed by atoms with Gasteiger partial charge in [0, 0.05) is 70.7 Å². The number of nitrogens with zero attached hydrogens (tertiary/aromatic N) is 6. The number of hydrogen-bond acceptors (Lipinski definition) is 7. The minimum Gasteiger partial charge on any atom is -0.378 e. The summed E-state index contributed by atoms with van der Waals surface area (Å²) in [6, 6.07) is 9.87. The summed E-state index contributed by atoms with van der Waals surface area (Å²) in [5.74, 6) is 0.958. The van der Waals surface area contributed by atoms with Gasteiger partial charge in [-0.1, -0.05) is 0 Å². The van der Waals surface area contributed by atoms with Gasteiger partial charge in [0.15, 0.2) is 5.82 Å². The number of carbonyl (C=O) groups is 1. The van der Waals surface area contributed by atoms with Crippen molar-refractivity contribution in [1.29, 1.82) is 0 Å². The first-order valence-electron chi connectivity index (χ1n) is 10.1. The van der Waals surface area contributed by atoms with E-state index in [4.69, 9.17) is 4.74 Å². The third-order valence-electron chi connectivity index (χ3n) is 5.52. The summed E-state index contributed by atoms with van der Waals surface area (Å²) in [5, 5.41) is 8.52. The van der Waals surface area contributed by atoms with Crippen LogP contribution >= 0.6 is 0 Å². The molecule has 29 heavy (non-hydrogen) atoms. The van der Waals surface area contributed by atoms with Crippen LogP contribution in [-0.4, -0.2) is 87.6 Å². The van der Waals surface area contributed by atoms with E-state index in [1.807, 2.05) is 54.4 Å². The molecule has 0 spiro atoms. The summed E-state index contributed by atoms with van der Waals surface area (Å²) in [6.07, 6.45) is 1.81. The van der Waals surface area contributed by atoms with Crippen molar-refractivity contribution in [3.05, 3.63) is 42.1 Å². The number of morpholine rings is 1. The van der Waals surface area contributed by atoms with Crippen molar-refractivity contribution < 1.29 is 9.53 Å². The molecule has 0 saturated carbocycles. The average Bonchev–Trinajstić information content (AvgIpc) is 2.79. The molecule has 8 nitrogen and oxygen atoms in total. The van der Waals surface area contributed by atoms with Crippen molar-refractivity contribution in [3.8, 4) is 0 Å². The maximum Gasteiger partial charge on any atom is 0.253 e. The first-order valence-corrected chi connectivity index (χ1v) is 10.1.